The molecule has 1 aromatic carbocycles. The van der Waals surface area contributed by atoms with Crippen molar-refractivity contribution in [1.82, 2.24) is 0 Å². The predicted molar refractivity (Wildman–Crippen MR) is 77.9 cm³/mol. The topological polar surface area (TPSA) is 72.5 Å². The van der Waals surface area contributed by atoms with Crippen LogP contribution in [0.3, 0.4) is 0 Å². The Labute approximate surface area is 118 Å². The number of nitrogens with zero attached hydrogens (tertiary/aromatic N) is 1. The second-order valence-electron chi connectivity index (χ2n) is 4.68. The number of amidine groups is 1. The molecule has 2 N–H and O–H groups in total. The minimum Gasteiger partial charge on any atom is -0.386 e. The maximum atomic E-state index is 12.3. The van der Waals surface area contributed by atoms with Crippen molar-refractivity contribution in [3.05, 3.63) is 24.3 Å². The zero-order valence-electron chi connectivity index (χ0n) is 10.5. The normalized spacial score (nSPS) is 17.8. The van der Waals surface area contributed by atoms with Crippen molar-refractivity contribution in [3.8, 4) is 0 Å². The van der Waals surface area contributed by atoms with Crippen LogP contribution in [0.15, 0.2) is 34.2 Å². The van der Waals surface area contributed by atoms with Crippen LogP contribution in [0, 0.1) is 0 Å². The number of halogens is 1. The second kappa shape index (κ2) is 5.92. The van der Waals surface area contributed by atoms with Crippen LogP contribution in [0.2, 0.25) is 0 Å². The lowest BCUT2D eigenvalue weighted by Crippen LogP contribution is -2.17. The lowest BCUT2D eigenvalue weighted by atomic mass is 10.3. The summed E-state index contributed by atoms with van der Waals surface area (Å²) in [6.45, 7) is 0. The van der Waals surface area contributed by atoms with Gasteiger partial charge >= 0.3 is 0 Å². The highest BCUT2D eigenvalue weighted by Gasteiger charge is 2.29. The average molecular weight is 301 g/mol. The molecule has 0 saturated heterocycles. The maximum Gasteiger partial charge on any atom is 0.181 e. The molecule has 0 amide bonds. The number of aliphatic imine (C=N–C) groups is 1. The summed E-state index contributed by atoms with van der Waals surface area (Å²) in [6, 6.07) is 6.49. The van der Waals surface area contributed by atoms with Gasteiger partial charge in [0.15, 0.2) is 9.84 Å². The first-order valence-corrected chi connectivity index (χ1v) is 8.35. The molecule has 1 fully saturated rings. The summed E-state index contributed by atoms with van der Waals surface area (Å²) in [5, 5.41) is -0.227. The number of hydrogen-bond acceptors (Lipinski definition) is 3. The van der Waals surface area contributed by atoms with Gasteiger partial charge in [-0.3, -0.25) is 0 Å². The minimum atomic E-state index is -3.20. The number of benzene rings is 1. The molecule has 1 aromatic rings. The third-order valence-corrected chi connectivity index (χ3v) is 5.87. The largest absolute Gasteiger partial charge is 0.386 e. The highest BCUT2D eigenvalue weighted by Crippen LogP contribution is 2.30. The first-order chi connectivity index (χ1) is 9.04. The zero-order chi connectivity index (χ0) is 13.9. The van der Waals surface area contributed by atoms with Gasteiger partial charge in [0.1, 0.15) is 5.84 Å². The van der Waals surface area contributed by atoms with Gasteiger partial charge < -0.3 is 5.73 Å². The molecular formula is C13H17ClN2O2S. The molecule has 0 bridgehead atoms. The van der Waals surface area contributed by atoms with Crippen molar-refractivity contribution in [3.63, 3.8) is 0 Å². The van der Waals surface area contributed by atoms with Crippen LogP contribution in [0.4, 0.5) is 5.69 Å². The Kier molecular flexibility index (Phi) is 4.47. The molecule has 0 atom stereocenters. The van der Waals surface area contributed by atoms with Crippen LogP contribution >= 0.6 is 11.6 Å². The van der Waals surface area contributed by atoms with E-state index >= 15 is 0 Å². The Balaban J connectivity index is 2.23. The molecule has 1 aliphatic carbocycles. The van der Waals surface area contributed by atoms with E-state index < -0.39 is 9.84 Å². The van der Waals surface area contributed by atoms with Gasteiger partial charge in [0.05, 0.1) is 21.7 Å². The molecule has 2 rings (SSSR count). The van der Waals surface area contributed by atoms with Gasteiger partial charge in [-0.15, -0.1) is 11.6 Å². The monoisotopic (exact) mass is 300 g/mol. The van der Waals surface area contributed by atoms with Crippen LogP contribution < -0.4 is 5.73 Å². The van der Waals surface area contributed by atoms with Crippen molar-refractivity contribution in [2.24, 2.45) is 10.7 Å². The maximum absolute atomic E-state index is 12.3. The average Bonchev–Trinajstić information content (AvgIpc) is 2.94. The lowest BCUT2D eigenvalue weighted by molar-refractivity contribution is 0.579. The van der Waals surface area contributed by atoms with Crippen molar-refractivity contribution >= 4 is 33.0 Å². The molecule has 0 unspecified atom stereocenters. The molecule has 0 spiro atoms. The quantitative estimate of drug-likeness (QED) is 0.528. The minimum absolute atomic E-state index is 0.155. The molecule has 4 nitrogen and oxygen atoms in total. The fourth-order valence-electron chi connectivity index (χ4n) is 2.30. The summed E-state index contributed by atoms with van der Waals surface area (Å²) in [4.78, 5) is 4.43. The van der Waals surface area contributed by atoms with Crippen molar-refractivity contribution < 1.29 is 8.42 Å². The van der Waals surface area contributed by atoms with Gasteiger partial charge in [-0.1, -0.05) is 12.8 Å². The number of sulfone groups is 1. The second-order valence-corrected chi connectivity index (χ2v) is 7.18. The van der Waals surface area contributed by atoms with Gasteiger partial charge in [0.25, 0.3) is 0 Å². The van der Waals surface area contributed by atoms with Gasteiger partial charge in [-0.05, 0) is 37.1 Å². The van der Waals surface area contributed by atoms with Gasteiger partial charge in [-0.2, -0.15) is 0 Å². The van der Waals surface area contributed by atoms with Crippen LogP contribution in [-0.2, 0) is 9.84 Å². The van der Waals surface area contributed by atoms with E-state index in [1.807, 2.05) is 0 Å². The van der Waals surface area contributed by atoms with E-state index in [1.54, 1.807) is 24.3 Å². The third-order valence-electron chi connectivity index (χ3n) is 3.32. The number of rotatable bonds is 4. The molecule has 0 aromatic heterocycles. The Morgan fingerprint density at radius 3 is 2.37 bits per heavy atom. The SMILES string of the molecule is NC(CCl)=Nc1ccc(S(=O)(=O)C2CCCC2)cc1. The number of hydrogen-bond donors (Lipinski definition) is 1. The Hall–Kier alpha value is -1.07. The van der Waals surface area contributed by atoms with Crippen LogP contribution in [0.25, 0.3) is 0 Å². The summed E-state index contributed by atoms with van der Waals surface area (Å²) in [5.41, 5.74) is 6.14. The van der Waals surface area contributed by atoms with E-state index in [0.717, 1.165) is 25.7 Å². The zero-order valence-corrected chi connectivity index (χ0v) is 12.1. The van der Waals surface area contributed by atoms with Crippen molar-refractivity contribution in [1.29, 1.82) is 0 Å². The predicted octanol–water partition coefficient (Wildman–Crippen LogP) is 2.63. The first-order valence-electron chi connectivity index (χ1n) is 6.27. The lowest BCUT2D eigenvalue weighted by Gasteiger charge is -2.11. The Morgan fingerprint density at radius 1 is 1.26 bits per heavy atom. The summed E-state index contributed by atoms with van der Waals surface area (Å²) >= 11 is 5.54. The van der Waals surface area contributed by atoms with Crippen molar-refractivity contribution in [2.75, 3.05) is 5.88 Å². The summed E-state index contributed by atoms with van der Waals surface area (Å²) in [5.74, 6) is 0.468. The standard InChI is InChI=1S/C13H17ClN2O2S/c14-9-13(15)16-10-5-7-12(8-6-10)19(17,18)11-3-1-2-4-11/h5-8,11H,1-4,9H2,(H2,15,16). The molecular weight excluding hydrogens is 284 g/mol. The molecule has 19 heavy (non-hydrogen) atoms. The number of nitrogens with two attached hydrogens (primary N) is 1. The van der Waals surface area contributed by atoms with Crippen LogP contribution in [0.1, 0.15) is 25.7 Å². The smallest absolute Gasteiger partial charge is 0.181 e. The van der Waals surface area contributed by atoms with E-state index in [1.165, 1.54) is 0 Å². The fourth-order valence-corrected chi connectivity index (χ4v) is 4.21. The molecule has 0 aliphatic heterocycles. The summed E-state index contributed by atoms with van der Waals surface area (Å²) < 4.78 is 24.7. The molecule has 6 heteroatoms. The van der Waals surface area contributed by atoms with Crippen molar-refractivity contribution in [2.45, 2.75) is 35.8 Å². The number of alkyl halides is 1. The molecule has 0 heterocycles. The van der Waals surface area contributed by atoms with Gasteiger partial charge in [-0.25, -0.2) is 13.4 Å². The first kappa shape index (κ1) is 14.3. The van der Waals surface area contributed by atoms with E-state index in [4.69, 9.17) is 17.3 Å². The van der Waals surface area contributed by atoms with Gasteiger partial charge in [0.2, 0.25) is 0 Å². The van der Waals surface area contributed by atoms with Gasteiger partial charge in [0, 0.05) is 0 Å². The fraction of sp³-hybridized carbons (Fsp3) is 0.462. The highest BCUT2D eigenvalue weighted by molar-refractivity contribution is 7.92. The van der Waals surface area contributed by atoms with E-state index in [-0.39, 0.29) is 11.1 Å². The Morgan fingerprint density at radius 2 is 1.84 bits per heavy atom. The summed E-state index contributed by atoms with van der Waals surface area (Å²) in [6.07, 6.45) is 3.53. The third kappa shape index (κ3) is 3.28. The van der Waals surface area contributed by atoms with E-state index in [2.05, 4.69) is 4.99 Å². The summed E-state index contributed by atoms with van der Waals surface area (Å²) in [7, 11) is -3.20. The highest BCUT2D eigenvalue weighted by atomic mass is 35.5. The molecule has 1 saturated carbocycles. The van der Waals surface area contributed by atoms with Crippen LogP contribution in [-0.4, -0.2) is 25.4 Å². The molecule has 0 radical (unpaired) electrons. The van der Waals surface area contributed by atoms with E-state index in [0.29, 0.717) is 16.4 Å². The Bertz CT molecular complexity index is 561. The molecule has 104 valence electrons. The van der Waals surface area contributed by atoms with Crippen LogP contribution in [0.5, 0.6) is 0 Å². The van der Waals surface area contributed by atoms with E-state index in [9.17, 15) is 8.42 Å². The molecule has 1 aliphatic rings.